The van der Waals surface area contributed by atoms with Crippen molar-refractivity contribution in [3.05, 3.63) is 66.4 Å². The summed E-state index contributed by atoms with van der Waals surface area (Å²) in [6, 6.07) is 15.6. The Morgan fingerprint density at radius 3 is 2.48 bits per heavy atom. The van der Waals surface area contributed by atoms with Crippen LogP contribution in [0.1, 0.15) is 24.8 Å². The molecule has 0 saturated carbocycles. The molecule has 0 fully saturated rings. The van der Waals surface area contributed by atoms with E-state index >= 15 is 0 Å². The molecule has 3 rings (SSSR count). The average molecular weight is 357 g/mol. The number of hydrogen-bond donors (Lipinski definition) is 3. The molecule has 1 aromatic heterocycles. The molecule has 0 spiro atoms. The predicted molar refractivity (Wildman–Crippen MR) is 98.7 cm³/mol. The fourth-order valence-electron chi connectivity index (χ4n) is 3.40. The summed E-state index contributed by atoms with van der Waals surface area (Å²) in [5.41, 5.74) is 0.387. The Labute approximate surface area is 145 Å². The highest BCUT2D eigenvalue weighted by molar-refractivity contribution is 7.67. The van der Waals surface area contributed by atoms with Crippen LogP contribution < -0.4 is 5.30 Å². The van der Waals surface area contributed by atoms with Crippen LogP contribution in [0.2, 0.25) is 0 Å². The van der Waals surface area contributed by atoms with Crippen LogP contribution in [0, 0.1) is 0 Å². The molecule has 0 aliphatic carbocycles. The average Bonchev–Trinajstić information content (AvgIpc) is 3.08. The summed E-state index contributed by atoms with van der Waals surface area (Å²) in [6.07, 6.45) is 1.99. The maximum absolute atomic E-state index is 13.5. The van der Waals surface area contributed by atoms with Gasteiger partial charge < -0.3 is 15.0 Å². The van der Waals surface area contributed by atoms with Gasteiger partial charge in [-0.2, -0.15) is 0 Å². The van der Waals surface area contributed by atoms with Gasteiger partial charge in [0.15, 0.2) is 0 Å². The second-order valence-electron chi connectivity index (χ2n) is 6.04. The van der Waals surface area contributed by atoms with Crippen LogP contribution in [0.5, 0.6) is 0 Å². The molecule has 130 valence electrons. The third-order valence-corrected chi connectivity index (χ3v) is 7.24. The van der Waals surface area contributed by atoms with E-state index < -0.39 is 24.9 Å². The fourth-order valence-corrected chi connectivity index (χ4v) is 5.80. The molecular formula is C19H20NO4P. The van der Waals surface area contributed by atoms with Crippen molar-refractivity contribution < 1.29 is 19.4 Å². The third kappa shape index (κ3) is 3.13. The Kier molecular flexibility index (Phi) is 4.80. The Balaban J connectivity index is 2.14. The van der Waals surface area contributed by atoms with Gasteiger partial charge in [-0.1, -0.05) is 43.3 Å². The van der Waals surface area contributed by atoms with Gasteiger partial charge >= 0.3 is 5.97 Å². The quantitative estimate of drug-likeness (QED) is 0.587. The van der Waals surface area contributed by atoms with Gasteiger partial charge in [-0.3, -0.25) is 9.36 Å². The minimum absolute atomic E-state index is 0.278. The lowest BCUT2D eigenvalue weighted by molar-refractivity contribution is -0.138. The standard InChI is InChI=1S/C19H20NO4P/c1-2-16(18(19(21)22)13-7-4-3-5-8-13)25(23,24)17-10-6-9-15-14(17)11-12-20-15/h3-12,16,18,20H,2H2,1H3,(H,21,22)(H,23,24). The van der Waals surface area contributed by atoms with Crippen LogP contribution in [0.15, 0.2) is 60.8 Å². The van der Waals surface area contributed by atoms with Crippen molar-refractivity contribution in [1.82, 2.24) is 4.98 Å². The first kappa shape index (κ1) is 17.5. The van der Waals surface area contributed by atoms with Gasteiger partial charge in [0, 0.05) is 22.4 Å². The first-order valence-corrected chi connectivity index (χ1v) is 9.86. The number of nitrogens with one attached hydrogen (secondary N) is 1. The molecule has 3 aromatic rings. The zero-order valence-corrected chi connectivity index (χ0v) is 14.7. The summed E-state index contributed by atoms with van der Waals surface area (Å²) in [5, 5.41) is 10.7. The number of aliphatic carboxylic acids is 1. The third-order valence-electron chi connectivity index (χ3n) is 4.59. The zero-order chi connectivity index (χ0) is 18.0. The molecule has 0 radical (unpaired) electrons. The highest BCUT2D eigenvalue weighted by Crippen LogP contribution is 2.53. The lowest BCUT2D eigenvalue weighted by atomic mass is 9.94. The van der Waals surface area contributed by atoms with Crippen LogP contribution in [0.4, 0.5) is 0 Å². The molecular weight excluding hydrogens is 337 g/mol. The largest absolute Gasteiger partial charge is 0.481 e. The van der Waals surface area contributed by atoms with Crippen molar-refractivity contribution >= 4 is 29.5 Å². The molecule has 2 aromatic carbocycles. The molecule has 3 N–H and O–H groups in total. The topological polar surface area (TPSA) is 90.4 Å². The van der Waals surface area contributed by atoms with Crippen molar-refractivity contribution in [1.29, 1.82) is 0 Å². The molecule has 6 heteroatoms. The summed E-state index contributed by atoms with van der Waals surface area (Å²) in [7, 11) is -3.94. The molecule has 3 atom stereocenters. The summed E-state index contributed by atoms with van der Waals surface area (Å²) < 4.78 is 13.5. The van der Waals surface area contributed by atoms with E-state index in [1.807, 2.05) is 6.07 Å². The SMILES string of the molecule is CCC(C(C(=O)O)c1ccccc1)P(=O)(O)c1cccc2[nH]ccc12. The number of H-pyrrole nitrogens is 1. The van der Waals surface area contributed by atoms with E-state index in [0.717, 1.165) is 5.52 Å². The monoisotopic (exact) mass is 357 g/mol. The van der Waals surface area contributed by atoms with E-state index in [-0.39, 0.29) is 6.42 Å². The Bertz CT molecular complexity index is 935. The number of aromatic amines is 1. The minimum Gasteiger partial charge on any atom is -0.481 e. The highest BCUT2D eigenvalue weighted by Gasteiger charge is 2.42. The molecule has 0 amide bonds. The number of aromatic nitrogens is 1. The van der Waals surface area contributed by atoms with E-state index in [1.54, 1.807) is 61.7 Å². The number of rotatable bonds is 6. The summed E-state index contributed by atoms with van der Waals surface area (Å²) in [5.74, 6) is -2.13. The number of hydrogen-bond acceptors (Lipinski definition) is 2. The highest BCUT2D eigenvalue weighted by atomic mass is 31.2. The number of carboxylic acids is 1. The zero-order valence-electron chi connectivity index (χ0n) is 13.8. The van der Waals surface area contributed by atoms with Gasteiger partial charge in [0.2, 0.25) is 7.37 Å². The van der Waals surface area contributed by atoms with Gasteiger partial charge in [-0.25, -0.2) is 0 Å². The smallest absolute Gasteiger partial charge is 0.311 e. The minimum atomic E-state index is -3.94. The summed E-state index contributed by atoms with van der Waals surface area (Å²) >= 11 is 0. The molecule has 25 heavy (non-hydrogen) atoms. The van der Waals surface area contributed by atoms with Crippen molar-refractivity contribution in [3.8, 4) is 0 Å². The van der Waals surface area contributed by atoms with E-state index in [0.29, 0.717) is 16.3 Å². The Hall–Kier alpha value is -2.36. The molecule has 0 saturated heterocycles. The van der Waals surface area contributed by atoms with Crippen molar-refractivity contribution in [2.45, 2.75) is 24.9 Å². The van der Waals surface area contributed by atoms with Crippen LogP contribution in [0.3, 0.4) is 0 Å². The maximum atomic E-state index is 13.5. The number of fused-ring (bicyclic) bond motifs is 1. The number of carbonyl (C=O) groups is 1. The lowest BCUT2D eigenvalue weighted by Crippen LogP contribution is -2.29. The predicted octanol–water partition coefficient (Wildman–Crippen LogP) is 3.71. The molecule has 1 heterocycles. The Morgan fingerprint density at radius 1 is 1.12 bits per heavy atom. The number of carboxylic acid groups (broad SMARTS) is 1. The van der Waals surface area contributed by atoms with Crippen LogP contribution >= 0.6 is 7.37 Å². The van der Waals surface area contributed by atoms with E-state index in [2.05, 4.69) is 4.98 Å². The van der Waals surface area contributed by atoms with Crippen molar-refractivity contribution in [2.24, 2.45) is 0 Å². The summed E-state index contributed by atoms with van der Waals surface area (Å²) in [6.45, 7) is 1.75. The molecule has 0 bridgehead atoms. The number of benzene rings is 2. The lowest BCUT2D eigenvalue weighted by Gasteiger charge is -2.28. The first-order chi connectivity index (χ1) is 12.0. The van der Waals surface area contributed by atoms with Gasteiger partial charge in [-0.15, -0.1) is 0 Å². The van der Waals surface area contributed by atoms with Gasteiger partial charge in [-0.05, 0) is 30.2 Å². The fraction of sp³-hybridized carbons (Fsp3) is 0.211. The van der Waals surface area contributed by atoms with Crippen LogP contribution in [-0.2, 0) is 9.36 Å². The molecule has 5 nitrogen and oxygen atoms in total. The van der Waals surface area contributed by atoms with Crippen LogP contribution in [-0.4, -0.2) is 26.6 Å². The van der Waals surface area contributed by atoms with Gasteiger partial charge in [0.05, 0.1) is 11.6 Å². The first-order valence-electron chi connectivity index (χ1n) is 8.13. The van der Waals surface area contributed by atoms with Crippen molar-refractivity contribution in [2.75, 3.05) is 0 Å². The van der Waals surface area contributed by atoms with Gasteiger partial charge in [0.25, 0.3) is 0 Å². The van der Waals surface area contributed by atoms with E-state index in [9.17, 15) is 19.4 Å². The van der Waals surface area contributed by atoms with E-state index in [1.165, 1.54) is 0 Å². The van der Waals surface area contributed by atoms with Gasteiger partial charge in [0.1, 0.15) is 0 Å². The van der Waals surface area contributed by atoms with Crippen molar-refractivity contribution in [3.63, 3.8) is 0 Å². The molecule has 3 unspecified atom stereocenters. The normalized spacial score (nSPS) is 16.2. The maximum Gasteiger partial charge on any atom is 0.311 e. The molecule has 0 aliphatic rings. The second kappa shape index (κ2) is 6.87. The van der Waals surface area contributed by atoms with Crippen LogP contribution in [0.25, 0.3) is 10.9 Å². The second-order valence-corrected chi connectivity index (χ2v) is 8.43. The summed E-state index contributed by atoms with van der Waals surface area (Å²) in [4.78, 5) is 26.0. The Morgan fingerprint density at radius 2 is 1.84 bits per heavy atom. The molecule has 0 aliphatic heterocycles. The van der Waals surface area contributed by atoms with E-state index in [4.69, 9.17) is 0 Å².